The summed E-state index contributed by atoms with van der Waals surface area (Å²) in [5.41, 5.74) is -0.731. The number of benzene rings is 1. The van der Waals surface area contributed by atoms with Crippen molar-refractivity contribution in [1.29, 1.82) is 0 Å². The smallest absolute Gasteiger partial charge is 0.265 e. The molecule has 0 radical (unpaired) electrons. The molecule has 0 fully saturated rings. The molecular weight excluding hydrogens is 353 g/mol. The fraction of sp³-hybridized carbons (Fsp3) is 0.214. The zero-order valence-corrected chi connectivity index (χ0v) is 13.4. The summed E-state index contributed by atoms with van der Waals surface area (Å²) >= 11 is 5.55. The first kappa shape index (κ1) is 17.7. The highest BCUT2D eigenvalue weighted by Crippen LogP contribution is 2.36. The fourth-order valence-electron chi connectivity index (χ4n) is 1.97. The van der Waals surface area contributed by atoms with Gasteiger partial charge in [0.25, 0.3) is 0 Å². The predicted octanol–water partition coefficient (Wildman–Crippen LogP) is 3.79. The monoisotopic (exact) mass is 364 g/mol. The molecule has 1 atom stereocenters. The van der Waals surface area contributed by atoms with Crippen molar-refractivity contribution in [3.05, 3.63) is 58.9 Å². The van der Waals surface area contributed by atoms with E-state index in [1.165, 1.54) is 19.3 Å². The molecule has 1 heterocycles. The maximum absolute atomic E-state index is 13.1. The van der Waals surface area contributed by atoms with E-state index in [1.54, 1.807) is 12.1 Å². The minimum absolute atomic E-state index is 0.196. The fourth-order valence-corrected chi connectivity index (χ4v) is 3.59. The lowest BCUT2D eigenvalue weighted by atomic mass is 10.1. The Morgan fingerprint density at radius 2 is 1.78 bits per heavy atom. The molecule has 0 saturated heterocycles. The zero-order chi connectivity index (χ0) is 17.3. The quantitative estimate of drug-likeness (QED) is 0.897. The maximum Gasteiger partial charge on any atom is 0.417 e. The highest BCUT2D eigenvalue weighted by molar-refractivity contribution is 7.89. The van der Waals surface area contributed by atoms with Crippen LogP contribution in [0.1, 0.15) is 24.1 Å². The van der Waals surface area contributed by atoms with Gasteiger partial charge in [-0.3, -0.25) is 4.98 Å². The van der Waals surface area contributed by atoms with E-state index in [0.717, 1.165) is 12.1 Å². The molecule has 0 saturated carbocycles. The minimum Gasteiger partial charge on any atom is -0.265 e. The normalized spacial score (nSPS) is 13.8. The van der Waals surface area contributed by atoms with Crippen molar-refractivity contribution in [3.8, 4) is 0 Å². The van der Waals surface area contributed by atoms with Crippen LogP contribution in [0.3, 0.4) is 0 Å². The van der Waals surface area contributed by atoms with Gasteiger partial charge in [0, 0.05) is 23.5 Å². The highest BCUT2D eigenvalue weighted by atomic mass is 35.5. The Bertz CT molecular complexity index is 795. The van der Waals surface area contributed by atoms with Gasteiger partial charge in [0.05, 0.1) is 10.5 Å². The van der Waals surface area contributed by atoms with Crippen LogP contribution in [0.15, 0.2) is 47.6 Å². The Labute approximate surface area is 136 Å². The third-order valence-electron chi connectivity index (χ3n) is 3.07. The lowest BCUT2D eigenvalue weighted by molar-refractivity contribution is -0.139. The second-order valence-corrected chi connectivity index (χ2v) is 6.88. The van der Waals surface area contributed by atoms with Gasteiger partial charge in [0.15, 0.2) is 0 Å². The Hall–Kier alpha value is -1.64. The largest absolute Gasteiger partial charge is 0.417 e. The summed E-state index contributed by atoms with van der Waals surface area (Å²) in [7, 11) is -4.39. The first-order chi connectivity index (χ1) is 10.6. The first-order valence-corrected chi connectivity index (χ1v) is 8.26. The summed E-state index contributed by atoms with van der Waals surface area (Å²) < 4.78 is 66.1. The molecule has 0 aliphatic heterocycles. The van der Waals surface area contributed by atoms with Crippen LogP contribution in [0.4, 0.5) is 13.2 Å². The van der Waals surface area contributed by atoms with Crippen molar-refractivity contribution in [2.24, 2.45) is 0 Å². The molecule has 1 N–H and O–H groups in total. The lowest BCUT2D eigenvalue weighted by Crippen LogP contribution is -2.29. The number of hydrogen-bond acceptors (Lipinski definition) is 3. The third kappa shape index (κ3) is 4.21. The van der Waals surface area contributed by atoms with E-state index in [-0.39, 0.29) is 5.02 Å². The molecule has 0 unspecified atom stereocenters. The van der Waals surface area contributed by atoms with Gasteiger partial charge in [-0.25, -0.2) is 13.1 Å². The molecule has 2 aromatic rings. The van der Waals surface area contributed by atoms with Crippen molar-refractivity contribution in [2.75, 3.05) is 0 Å². The van der Waals surface area contributed by atoms with Crippen LogP contribution in [0.2, 0.25) is 5.02 Å². The Balaban J connectivity index is 2.41. The van der Waals surface area contributed by atoms with Crippen LogP contribution in [0, 0.1) is 0 Å². The summed E-state index contributed by atoms with van der Waals surface area (Å²) in [6.07, 6.45) is -1.91. The molecule has 124 valence electrons. The maximum atomic E-state index is 13.1. The van der Waals surface area contributed by atoms with Crippen molar-refractivity contribution in [1.82, 2.24) is 9.71 Å². The van der Waals surface area contributed by atoms with Crippen molar-refractivity contribution < 1.29 is 21.6 Å². The van der Waals surface area contributed by atoms with Gasteiger partial charge in [-0.1, -0.05) is 11.6 Å². The molecule has 1 aromatic carbocycles. The Morgan fingerprint density at radius 1 is 1.17 bits per heavy atom. The summed E-state index contributed by atoms with van der Waals surface area (Å²) in [5, 5.41) is -0.196. The molecule has 0 spiro atoms. The van der Waals surface area contributed by atoms with Crippen molar-refractivity contribution in [3.63, 3.8) is 0 Å². The van der Waals surface area contributed by atoms with Crippen LogP contribution in [0.25, 0.3) is 0 Å². The van der Waals surface area contributed by atoms with Crippen LogP contribution in [-0.2, 0) is 16.2 Å². The van der Waals surface area contributed by atoms with Crippen LogP contribution in [0.5, 0.6) is 0 Å². The standard InChI is InChI=1S/C14H12ClF3N2O2S/c1-9(10-4-6-19-7-5-10)20-23(21,22)13-3-2-11(15)8-12(13)14(16,17)18/h2-9,20H,1H3/t9-/m0/s1. The SMILES string of the molecule is C[C@H](NS(=O)(=O)c1ccc(Cl)cc1C(F)(F)F)c1ccncc1. The van der Waals surface area contributed by atoms with E-state index in [4.69, 9.17) is 11.6 Å². The number of alkyl halides is 3. The van der Waals surface area contributed by atoms with Crippen molar-refractivity contribution in [2.45, 2.75) is 24.0 Å². The molecule has 23 heavy (non-hydrogen) atoms. The number of halogens is 4. The number of nitrogens with zero attached hydrogens (tertiary/aromatic N) is 1. The van der Waals surface area contributed by atoms with E-state index in [2.05, 4.69) is 9.71 Å². The summed E-state index contributed by atoms with van der Waals surface area (Å²) in [4.78, 5) is 2.93. The molecule has 2 rings (SSSR count). The van der Waals surface area contributed by atoms with Crippen LogP contribution in [-0.4, -0.2) is 13.4 Å². The minimum atomic E-state index is -4.84. The molecule has 0 aliphatic rings. The summed E-state index contributed by atoms with van der Waals surface area (Å²) in [5.74, 6) is 0. The zero-order valence-electron chi connectivity index (χ0n) is 11.8. The van der Waals surface area contributed by atoms with Gasteiger partial charge in [-0.05, 0) is 42.8 Å². The van der Waals surface area contributed by atoms with Gasteiger partial charge in [0.2, 0.25) is 10.0 Å². The Morgan fingerprint density at radius 3 is 2.35 bits per heavy atom. The van der Waals surface area contributed by atoms with Crippen LogP contribution >= 0.6 is 11.6 Å². The van der Waals surface area contributed by atoms with E-state index in [0.29, 0.717) is 11.6 Å². The number of pyridine rings is 1. The topological polar surface area (TPSA) is 59.1 Å². The second kappa shape index (κ2) is 6.46. The van der Waals surface area contributed by atoms with E-state index < -0.39 is 32.7 Å². The molecule has 4 nitrogen and oxygen atoms in total. The van der Waals surface area contributed by atoms with Gasteiger partial charge in [0.1, 0.15) is 0 Å². The number of aromatic nitrogens is 1. The van der Waals surface area contributed by atoms with Crippen molar-refractivity contribution >= 4 is 21.6 Å². The average molecular weight is 365 g/mol. The molecule has 1 aromatic heterocycles. The molecule has 0 bridgehead atoms. The van der Waals surface area contributed by atoms with E-state index >= 15 is 0 Å². The lowest BCUT2D eigenvalue weighted by Gasteiger charge is -2.18. The van der Waals surface area contributed by atoms with Crippen LogP contribution < -0.4 is 4.72 Å². The molecular formula is C14H12ClF3N2O2S. The number of rotatable bonds is 4. The summed E-state index contributed by atoms with van der Waals surface area (Å²) in [6, 6.07) is 4.95. The predicted molar refractivity (Wildman–Crippen MR) is 79.4 cm³/mol. The number of sulfonamides is 1. The first-order valence-electron chi connectivity index (χ1n) is 6.40. The van der Waals surface area contributed by atoms with Gasteiger partial charge >= 0.3 is 6.18 Å². The Kier molecular flexibility index (Phi) is 4.98. The summed E-state index contributed by atoms with van der Waals surface area (Å²) in [6.45, 7) is 1.52. The van der Waals surface area contributed by atoms with E-state index in [9.17, 15) is 21.6 Å². The van der Waals surface area contributed by atoms with Gasteiger partial charge < -0.3 is 0 Å². The molecule has 0 aliphatic carbocycles. The van der Waals surface area contributed by atoms with Gasteiger partial charge in [-0.15, -0.1) is 0 Å². The van der Waals surface area contributed by atoms with E-state index in [1.807, 2.05) is 0 Å². The molecule has 9 heteroatoms. The number of nitrogens with one attached hydrogen (secondary N) is 1. The second-order valence-electron chi connectivity index (χ2n) is 4.76. The highest BCUT2D eigenvalue weighted by Gasteiger charge is 2.37. The average Bonchev–Trinajstić information content (AvgIpc) is 2.46. The molecule has 0 amide bonds. The third-order valence-corrected chi connectivity index (χ3v) is 4.91. The van der Waals surface area contributed by atoms with Gasteiger partial charge in [-0.2, -0.15) is 13.2 Å². The number of hydrogen-bond donors (Lipinski definition) is 1.